The second-order valence-electron chi connectivity index (χ2n) is 4.70. The number of aromatic nitrogens is 5. The van der Waals surface area contributed by atoms with Crippen LogP contribution in [0.4, 0.5) is 5.82 Å². The summed E-state index contributed by atoms with van der Waals surface area (Å²) in [5, 5.41) is 11.2. The van der Waals surface area contributed by atoms with Gasteiger partial charge >= 0.3 is 0 Å². The van der Waals surface area contributed by atoms with E-state index >= 15 is 0 Å². The molecule has 7 heteroatoms. The molecule has 0 spiro atoms. The summed E-state index contributed by atoms with van der Waals surface area (Å²) in [6.07, 6.45) is 3.10. The largest absolute Gasteiger partial charge is 0.362 e. The van der Waals surface area contributed by atoms with Crippen molar-refractivity contribution < 1.29 is 4.52 Å². The zero-order chi connectivity index (χ0) is 14.8. The molecule has 0 aliphatic heterocycles. The third kappa shape index (κ3) is 2.28. The highest BCUT2D eigenvalue weighted by Gasteiger charge is 2.09. The van der Waals surface area contributed by atoms with Crippen molar-refractivity contribution in [2.24, 2.45) is 0 Å². The van der Waals surface area contributed by atoms with Crippen LogP contribution in [-0.2, 0) is 6.54 Å². The van der Waals surface area contributed by atoms with Crippen LogP contribution >= 0.6 is 0 Å². The molecule has 0 fully saturated rings. The van der Waals surface area contributed by atoms with Crippen molar-refractivity contribution in [3.63, 3.8) is 0 Å². The maximum absolute atomic E-state index is 5.09. The lowest BCUT2D eigenvalue weighted by Crippen LogP contribution is -2.06. The molecular weight excluding hydrogens is 280 g/mol. The Bertz CT molecular complexity index is 885. The van der Waals surface area contributed by atoms with Gasteiger partial charge in [-0.1, -0.05) is 35.5 Å². The highest BCUT2D eigenvalue weighted by molar-refractivity contribution is 5.65. The molecular formula is C15H12N6O. The number of benzene rings is 1. The average molecular weight is 292 g/mol. The average Bonchev–Trinajstić information content (AvgIpc) is 3.24. The molecule has 7 nitrogen and oxygen atoms in total. The Morgan fingerprint density at radius 3 is 2.86 bits per heavy atom. The Balaban J connectivity index is 1.74. The van der Waals surface area contributed by atoms with E-state index in [4.69, 9.17) is 4.52 Å². The standard InChI is InChI=1S/C15H12N6O/c1-2-4-11(5-3-1)13-8-14(16-9-12-6-7-19-22-12)21-15(20-13)17-10-18-21/h1-8,10,16H,9H2. The van der Waals surface area contributed by atoms with Crippen LogP contribution in [0.25, 0.3) is 17.0 Å². The molecule has 3 heterocycles. The number of nitrogens with one attached hydrogen (secondary N) is 1. The molecule has 0 aliphatic carbocycles. The Morgan fingerprint density at radius 2 is 2.05 bits per heavy atom. The first kappa shape index (κ1) is 12.5. The highest BCUT2D eigenvalue weighted by atomic mass is 16.5. The lowest BCUT2D eigenvalue weighted by atomic mass is 10.1. The summed E-state index contributed by atoms with van der Waals surface area (Å²) >= 11 is 0. The zero-order valence-corrected chi connectivity index (χ0v) is 11.5. The second-order valence-corrected chi connectivity index (χ2v) is 4.70. The van der Waals surface area contributed by atoms with Crippen molar-refractivity contribution >= 4 is 11.6 Å². The van der Waals surface area contributed by atoms with Gasteiger partial charge in [-0.2, -0.15) is 14.6 Å². The SMILES string of the molecule is c1ccc(-c2cc(NCc3ccno3)n3ncnc3n2)cc1. The van der Waals surface area contributed by atoms with E-state index in [-0.39, 0.29) is 0 Å². The van der Waals surface area contributed by atoms with Crippen molar-refractivity contribution in [2.45, 2.75) is 6.54 Å². The van der Waals surface area contributed by atoms with E-state index in [0.29, 0.717) is 12.3 Å². The minimum absolute atomic E-state index is 0.507. The van der Waals surface area contributed by atoms with Gasteiger partial charge in [-0.15, -0.1) is 0 Å². The molecule has 4 rings (SSSR count). The van der Waals surface area contributed by atoms with Crippen LogP contribution in [0.5, 0.6) is 0 Å². The van der Waals surface area contributed by atoms with Crippen LogP contribution in [0.1, 0.15) is 5.76 Å². The summed E-state index contributed by atoms with van der Waals surface area (Å²) in [6, 6.07) is 13.7. The van der Waals surface area contributed by atoms with Crippen LogP contribution in [0.15, 0.2) is 59.5 Å². The summed E-state index contributed by atoms with van der Waals surface area (Å²) in [5.74, 6) is 2.07. The topological polar surface area (TPSA) is 81.1 Å². The molecule has 1 N–H and O–H groups in total. The van der Waals surface area contributed by atoms with Gasteiger partial charge in [-0.25, -0.2) is 4.98 Å². The van der Waals surface area contributed by atoms with Gasteiger partial charge in [0.15, 0.2) is 5.76 Å². The third-order valence-electron chi connectivity index (χ3n) is 3.26. The van der Waals surface area contributed by atoms with E-state index in [0.717, 1.165) is 22.8 Å². The predicted molar refractivity (Wildman–Crippen MR) is 80.0 cm³/mol. The molecule has 108 valence electrons. The molecule has 0 saturated heterocycles. The summed E-state index contributed by atoms with van der Waals surface area (Å²) in [7, 11) is 0. The van der Waals surface area contributed by atoms with Gasteiger partial charge in [0, 0.05) is 17.7 Å². The molecule has 1 aromatic carbocycles. The fraction of sp³-hybridized carbons (Fsp3) is 0.0667. The molecule has 0 saturated carbocycles. The van der Waals surface area contributed by atoms with Gasteiger partial charge in [0.25, 0.3) is 5.78 Å². The van der Waals surface area contributed by atoms with Gasteiger partial charge in [0.1, 0.15) is 12.1 Å². The highest BCUT2D eigenvalue weighted by Crippen LogP contribution is 2.21. The van der Waals surface area contributed by atoms with E-state index in [1.165, 1.54) is 6.33 Å². The number of hydrogen-bond donors (Lipinski definition) is 1. The van der Waals surface area contributed by atoms with Crippen LogP contribution in [-0.4, -0.2) is 24.7 Å². The molecule has 22 heavy (non-hydrogen) atoms. The fourth-order valence-corrected chi connectivity index (χ4v) is 2.21. The molecule has 0 radical (unpaired) electrons. The summed E-state index contributed by atoms with van der Waals surface area (Å²) in [5.41, 5.74) is 1.86. The number of fused-ring (bicyclic) bond motifs is 1. The summed E-state index contributed by atoms with van der Waals surface area (Å²) in [6.45, 7) is 0.507. The molecule has 4 aromatic rings. The summed E-state index contributed by atoms with van der Waals surface area (Å²) in [4.78, 5) is 8.70. The van der Waals surface area contributed by atoms with E-state index in [2.05, 4.69) is 25.5 Å². The molecule has 0 unspecified atom stereocenters. The first-order valence-electron chi connectivity index (χ1n) is 6.80. The Morgan fingerprint density at radius 1 is 1.14 bits per heavy atom. The van der Waals surface area contributed by atoms with Gasteiger partial charge in [-0.3, -0.25) is 0 Å². The molecule has 0 amide bonds. The maximum Gasteiger partial charge on any atom is 0.254 e. The molecule has 0 bridgehead atoms. The Hall–Kier alpha value is -3.22. The third-order valence-corrected chi connectivity index (χ3v) is 3.26. The quantitative estimate of drug-likeness (QED) is 0.622. The van der Waals surface area contributed by atoms with Crippen molar-refractivity contribution in [3.05, 3.63) is 60.7 Å². The minimum Gasteiger partial charge on any atom is -0.362 e. The maximum atomic E-state index is 5.09. The van der Waals surface area contributed by atoms with Gasteiger partial charge in [0.2, 0.25) is 0 Å². The second kappa shape index (κ2) is 5.28. The van der Waals surface area contributed by atoms with Crippen molar-refractivity contribution in [1.29, 1.82) is 0 Å². The van der Waals surface area contributed by atoms with Gasteiger partial charge in [0.05, 0.1) is 18.4 Å². The smallest absolute Gasteiger partial charge is 0.254 e. The fourth-order valence-electron chi connectivity index (χ4n) is 2.21. The van der Waals surface area contributed by atoms with E-state index in [9.17, 15) is 0 Å². The first-order valence-corrected chi connectivity index (χ1v) is 6.80. The number of anilines is 1. The molecule has 3 aromatic heterocycles. The zero-order valence-electron chi connectivity index (χ0n) is 11.5. The molecule has 0 atom stereocenters. The van der Waals surface area contributed by atoms with Crippen LogP contribution < -0.4 is 5.32 Å². The normalized spacial score (nSPS) is 10.9. The number of nitrogens with zero attached hydrogens (tertiary/aromatic N) is 5. The minimum atomic E-state index is 0.507. The van der Waals surface area contributed by atoms with Crippen LogP contribution in [0, 0.1) is 0 Å². The first-order chi connectivity index (χ1) is 10.9. The van der Waals surface area contributed by atoms with E-state index in [1.807, 2.05) is 42.5 Å². The van der Waals surface area contributed by atoms with E-state index < -0.39 is 0 Å². The predicted octanol–water partition coefficient (Wildman–Crippen LogP) is 2.39. The van der Waals surface area contributed by atoms with Crippen molar-refractivity contribution in [2.75, 3.05) is 5.32 Å². The van der Waals surface area contributed by atoms with Crippen molar-refractivity contribution in [1.82, 2.24) is 24.7 Å². The van der Waals surface area contributed by atoms with Gasteiger partial charge < -0.3 is 9.84 Å². The lowest BCUT2D eigenvalue weighted by Gasteiger charge is -2.08. The Labute approximate surface area is 125 Å². The van der Waals surface area contributed by atoms with Crippen LogP contribution in [0.3, 0.4) is 0 Å². The summed E-state index contributed by atoms with van der Waals surface area (Å²) < 4.78 is 6.75. The number of hydrogen-bond acceptors (Lipinski definition) is 6. The van der Waals surface area contributed by atoms with Crippen molar-refractivity contribution in [3.8, 4) is 11.3 Å². The van der Waals surface area contributed by atoms with E-state index in [1.54, 1.807) is 10.7 Å². The van der Waals surface area contributed by atoms with Gasteiger partial charge in [-0.05, 0) is 0 Å². The lowest BCUT2D eigenvalue weighted by molar-refractivity contribution is 0.388. The Kier molecular flexibility index (Phi) is 3.01. The molecule has 0 aliphatic rings. The monoisotopic (exact) mass is 292 g/mol. The van der Waals surface area contributed by atoms with Crippen LogP contribution in [0.2, 0.25) is 0 Å². The number of rotatable bonds is 4.